The third kappa shape index (κ3) is 2.54. The second-order valence-electron chi connectivity index (χ2n) is 5.25. The topological polar surface area (TPSA) is 56.2 Å². The average Bonchev–Trinajstić information content (AvgIpc) is 2.77. The van der Waals surface area contributed by atoms with Crippen LogP contribution in [0.2, 0.25) is 0 Å². The maximum absolute atomic E-state index is 5.61. The molecule has 1 aliphatic carbocycles. The quantitative estimate of drug-likeness (QED) is 0.944. The Hall–Kier alpha value is -0.940. The molecule has 1 aliphatic rings. The van der Waals surface area contributed by atoms with E-state index < -0.39 is 0 Å². The lowest BCUT2D eigenvalue weighted by Crippen LogP contribution is -2.08. The van der Waals surface area contributed by atoms with Gasteiger partial charge >= 0.3 is 0 Å². The molecule has 0 bridgehead atoms. The number of rotatable bonds is 3. The van der Waals surface area contributed by atoms with Crippen molar-refractivity contribution in [2.45, 2.75) is 44.4 Å². The van der Waals surface area contributed by atoms with Gasteiger partial charge in [0.15, 0.2) is 5.65 Å². The molecule has 0 spiro atoms. The summed E-state index contributed by atoms with van der Waals surface area (Å²) < 4.78 is 2.86. The van der Waals surface area contributed by atoms with Crippen molar-refractivity contribution >= 4 is 21.6 Å². The molecule has 0 amide bonds. The Balaban J connectivity index is 1.97. The zero-order valence-corrected chi connectivity index (χ0v) is 12.6. The zero-order valence-electron chi connectivity index (χ0n) is 11.0. The number of hydrogen-bond donors (Lipinski definition) is 1. The fourth-order valence-electron chi connectivity index (χ4n) is 2.88. The van der Waals surface area contributed by atoms with Crippen LogP contribution in [-0.4, -0.2) is 21.1 Å². The number of nitrogens with zero attached hydrogens (tertiary/aromatic N) is 3. The van der Waals surface area contributed by atoms with Crippen molar-refractivity contribution in [3.8, 4) is 0 Å². The summed E-state index contributed by atoms with van der Waals surface area (Å²) in [7, 11) is 0. The second kappa shape index (κ2) is 5.59. The lowest BCUT2D eigenvalue weighted by atomic mass is 9.87. The summed E-state index contributed by atoms with van der Waals surface area (Å²) >= 11 is 3.59. The van der Waals surface area contributed by atoms with Crippen LogP contribution in [0.4, 0.5) is 0 Å². The van der Waals surface area contributed by atoms with Gasteiger partial charge in [0.25, 0.3) is 0 Å². The Bertz CT molecular complexity index is 572. The van der Waals surface area contributed by atoms with E-state index in [1.165, 1.54) is 37.8 Å². The first-order valence-corrected chi connectivity index (χ1v) is 7.83. The number of halogens is 1. The van der Waals surface area contributed by atoms with Gasteiger partial charge < -0.3 is 5.73 Å². The van der Waals surface area contributed by atoms with Gasteiger partial charge in [0, 0.05) is 12.3 Å². The molecule has 0 unspecified atom stereocenters. The van der Waals surface area contributed by atoms with Gasteiger partial charge in [-0.15, -0.1) is 0 Å². The normalized spacial score (nSPS) is 17.2. The molecule has 0 aliphatic heterocycles. The maximum Gasteiger partial charge on any atom is 0.155 e. The lowest BCUT2D eigenvalue weighted by Gasteiger charge is -2.20. The number of imidazole rings is 1. The van der Waals surface area contributed by atoms with E-state index in [0.29, 0.717) is 12.5 Å². The van der Waals surface area contributed by atoms with E-state index in [2.05, 4.69) is 33.0 Å². The molecule has 1 fully saturated rings. The fraction of sp³-hybridized carbons (Fsp3) is 0.571. The van der Waals surface area contributed by atoms with Crippen molar-refractivity contribution in [3.05, 3.63) is 28.1 Å². The average molecular weight is 323 g/mol. The van der Waals surface area contributed by atoms with E-state index in [9.17, 15) is 0 Å². The molecule has 3 rings (SSSR count). The smallest absolute Gasteiger partial charge is 0.155 e. The van der Waals surface area contributed by atoms with Gasteiger partial charge in [0.05, 0.1) is 11.4 Å². The highest BCUT2D eigenvalue weighted by Crippen LogP contribution is 2.32. The molecule has 102 valence electrons. The molecule has 0 atom stereocenters. The molecule has 2 heterocycles. The Morgan fingerprint density at radius 2 is 2.05 bits per heavy atom. The van der Waals surface area contributed by atoms with Crippen molar-refractivity contribution in [3.63, 3.8) is 0 Å². The summed E-state index contributed by atoms with van der Waals surface area (Å²) in [5.74, 6) is 0.616. The number of aromatic nitrogens is 3. The summed E-state index contributed by atoms with van der Waals surface area (Å²) in [6.45, 7) is 0.609. The molecule has 2 aromatic rings. The number of nitrogens with two attached hydrogens (primary N) is 1. The van der Waals surface area contributed by atoms with Gasteiger partial charge in [-0.05, 0) is 47.4 Å². The number of fused-ring (bicyclic) bond motifs is 1. The Kier molecular flexibility index (Phi) is 3.84. The molecule has 19 heavy (non-hydrogen) atoms. The molecule has 1 saturated carbocycles. The molecule has 2 N–H and O–H groups in total. The minimum absolute atomic E-state index is 0.609. The van der Waals surface area contributed by atoms with Crippen molar-refractivity contribution < 1.29 is 0 Å². The van der Waals surface area contributed by atoms with E-state index in [4.69, 9.17) is 10.8 Å². The Morgan fingerprint density at radius 3 is 2.79 bits per heavy atom. The molecule has 4 nitrogen and oxygen atoms in total. The van der Waals surface area contributed by atoms with E-state index in [1.807, 2.05) is 4.52 Å². The summed E-state index contributed by atoms with van der Waals surface area (Å²) in [5, 5.41) is 4.77. The SMILES string of the molecule is NCCc1nc2ccc(C3CCCCC3)nn2c1Br. The highest BCUT2D eigenvalue weighted by molar-refractivity contribution is 9.10. The van der Waals surface area contributed by atoms with Gasteiger partial charge in [0.2, 0.25) is 0 Å². The van der Waals surface area contributed by atoms with Crippen LogP contribution in [0.25, 0.3) is 5.65 Å². The second-order valence-corrected chi connectivity index (χ2v) is 6.00. The Morgan fingerprint density at radius 1 is 1.26 bits per heavy atom. The first kappa shape index (κ1) is 13.1. The van der Waals surface area contributed by atoms with Gasteiger partial charge in [-0.3, -0.25) is 0 Å². The predicted molar refractivity (Wildman–Crippen MR) is 79.3 cm³/mol. The molecule has 0 saturated heterocycles. The molecule has 0 radical (unpaired) electrons. The van der Waals surface area contributed by atoms with Crippen LogP contribution in [0.3, 0.4) is 0 Å². The highest BCUT2D eigenvalue weighted by atomic mass is 79.9. The van der Waals surface area contributed by atoms with E-state index in [1.54, 1.807) is 0 Å². The van der Waals surface area contributed by atoms with Crippen LogP contribution in [0.1, 0.15) is 49.4 Å². The molecule has 2 aromatic heterocycles. The van der Waals surface area contributed by atoms with Crippen LogP contribution in [0, 0.1) is 0 Å². The zero-order chi connectivity index (χ0) is 13.2. The summed E-state index contributed by atoms with van der Waals surface area (Å²) in [5.41, 5.74) is 8.70. The molecule has 0 aromatic carbocycles. The fourth-order valence-corrected chi connectivity index (χ4v) is 3.43. The maximum atomic E-state index is 5.61. The van der Waals surface area contributed by atoms with Gasteiger partial charge in [0.1, 0.15) is 4.60 Å². The van der Waals surface area contributed by atoms with Gasteiger partial charge in [-0.25, -0.2) is 9.50 Å². The molecular formula is C14H19BrN4. The third-order valence-corrected chi connectivity index (χ3v) is 4.71. The first-order valence-electron chi connectivity index (χ1n) is 7.03. The summed E-state index contributed by atoms with van der Waals surface area (Å²) in [4.78, 5) is 4.56. The van der Waals surface area contributed by atoms with Gasteiger partial charge in [-0.1, -0.05) is 19.3 Å². The van der Waals surface area contributed by atoms with Gasteiger partial charge in [-0.2, -0.15) is 5.10 Å². The van der Waals surface area contributed by atoms with Crippen LogP contribution in [-0.2, 0) is 6.42 Å². The lowest BCUT2D eigenvalue weighted by molar-refractivity contribution is 0.433. The van der Waals surface area contributed by atoms with Crippen molar-refractivity contribution in [2.24, 2.45) is 5.73 Å². The monoisotopic (exact) mass is 322 g/mol. The van der Waals surface area contributed by atoms with E-state index >= 15 is 0 Å². The first-order chi connectivity index (χ1) is 9.29. The van der Waals surface area contributed by atoms with Crippen molar-refractivity contribution in [1.29, 1.82) is 0 Å². The minimum Gasteiger partial charge on any atom is -0.330 e. The highest BCUT2D eigenvalue weighted by Gasteiger charge is 2.18. The summed E-state index contributed by atoms with van der Waals surface area (Å²) in [6.07, 6.45) is 7.33. The Labute approximate surface area is 121 Å². The predicted octanol–water partition coefficient (Wildman–Crippen LogP) is 3.04. The van der Waals surface area contributed by atoms with E-state index in [-0.39, 0.29) is 0 Å². The molecule has 5 heteroatoms. The van der Waals surface area contributed by atoms with Crippen molar-refractivity contribution in [2.75, 3.05) is 6.54 Å². The van der Waals surface area contributed by atoms with Crippen molar-refractivity contribution in [1.82, 2.24) is 14.6 Å². The number of hydrogen-bond acceptors (Lipinski definition) is 3. The van der Waals surface area contributed by atoms with Crippen LogP contribution < -0.4 is 5.73 Å². The minimum atomic E-state index is 0.609. The standard InChI is InChI=1S/C14H19BrN4/c15-14-12(8-9-16)17-13-7-6-11(18-19(13)14)10-4-2-1-3-5-10/h6-7,10H,1-5,8-9,16H2. The van der Waals surface area contributed by atoms with Crippen LogP contribution in [0.15, 0.2) is 16.7 Å². The summed E-state index contributed by atoms with van der Waals surface area (Å²) in [6, 6.07) is 4.21. The van der Waals surface area contributed by atoms with Crippen LogP contribution >= 0.6 is 15.9 Å². The van der Waals surface area contributed by atoms with E-state index in [0.717, 1.165) is 22.4 Å². The van der Waals surface area contributed by atoms with Crippen LogP contribution in [0.5, 0.6) is 0 Å². The molecular weight excluding hydrogens is 304 g/mol. The third-order valence-electron chi connectivity index (χ3n) is 3.91. The largest absolute Gasteiger partial charge is 0.330 e.